The summed E-state index contributed by atoms with van der Waals surface area (Å²) in [6.07, 6.45) is 0. The molecule has 0 rings (SSSR count). The second-order valence-electron chi connectivity index (χ2n) is 4.22. The van der Waals surface area contributed by atoms with E-state index in [9.17, 15) is 14.4 Å². The van der Waals surface area contributed by atoms with Crippen molar-refractivity contribution in [3.05, 3.63) is 0 Å². The molecule has 0 spiro atoms. The quantitative estimate of drug-likeness (QED) is 0.193. The van der Waals surface area contributed by atoms with E-state index in [4.69, 9.17) is 5.73 Å². The molecule has 0 heterocycles. The number of ketones is 1. The van der Waals surface area contributed by atoms with Crippen LogP contribution in [0.3, 0.4) is 0 Å². The summed E-state index contributed by atoms with van der Waals surface area (Å²) in [5, 5.41) is 3.96. The summed E-state index contributed by atoms with van der Waals surface area (Å²) in [7, 11) is 3.62. The highest BCUT2D eigenvalue weighted by Gasteiger charge is 2.23. The molecule has 0 saturated heterocycles. The van der Waals surface area contributed by atoms with E-state index >= 15 is 0 Å². The minimum absolute atomic E-state index is 0.187. The standard InChI is InChI=1S/C9H19BN3O3PS/c1-3(2)4(14)9(18)13-7(15)5(10)12-8(16)6(11)17/h3,5-6,9,18H,10-11,17H2,1-2H3,(H,12,16)(H,13,15). The van der Waals surface area contributed by atoms with Gasteiger partial charge >= 0.3 is 0 Å². The number of amides is 2. The topological polar surface area (TPSA) is 101 Å². The Bertz CT molecular complexity index is 341. The summed E-state index contributed by atoms with van der Waals surface area (Å²) < 4.78 is 0. The molecule has 9 heteroatoms. The van der Waals surface area contributed by atoms with Gasteiger partial charge in [0.15, 0.2) is 5.78 Å². The lowest BCUT2D eigenvalue weighted by Gasteiger charge is -2.19. The predicted molar refractivity (Wildman–Crippen MR) is 78.9 cm³/mol. The molecule has 2 amide bonds. The molecule has 0 saturated carbocycles. The molecule has 0 aromatic carbocycles. The zero-order valence-corrected chi connectivity index (χ0v) is 12.7. The minimum atomic E-state index is -0.874. The summed E-state index contributed by atoms with van der Waals surface area (Å²) in [5.74, 6) is -2.91. The van der Waals surface area contributed by atoms with E-state index in [1.54, 1.807) is 13.8 Å². The van der Waals surface area contributed by atoms with Crippen LogP contribution in [0.2, 0.25) is 0 Å². The lowest BCUT2D eigenvalue weighted by Crippen LogP contribution is -2.53. The summed E-state index contributed by atoms with van der Waals surface area (Å²) >= 11 is 4.01. The van der Waals surface area contributed by atoms with Gasteiger partial charge in [-0.1, -0.05) is 13.8 Å². The van der Waals surface area contributed by atoms with Gasteiger partial charge in [-0.2, -0.15) is 0 Å². The maximum atomic E-state index is 11.7. The third-order valence-electron chi connectivity index (χ3n) is 2.17. The molecule has 0 aliphatic rings. The van der Waals surface area contributed by atoms with Crippen molar-refractivity contribution in [2.24, 2.45) is 11.7 Å². The maximum Gasteiger partial charge on any atom is 0.240 e. The first-order valence-corrected chi connectivity index (χ1v) is 6.68. The average molecular weight is 291 g/mol. The van der Waals surface area contributed by atoms with Crippen LogP contribution in [0.1, 0.15) is 13.8 Å². The van der Waals surface area contributed by atoms with Crippen LogP contribution < -0.4 is 16.4 Å². The van der Waals surface area contributed by atoms with Gasteiger partial charge in [-0.05, 0) is 0 Å². The molecule has 4 N–H and O–H groups in total. The average Bonchev–Trinajstić information content (AvgIpc) is 2.26. The Balaban J connectivity index is 4.32. The number of nitrogens with one attached hydrogen (secondary N) is 2. The van der Waals surface area contributed by atoms with Crippen LogP contribution in [0, 0.1) is 5.92 Å². The minimum Gasteiger partial charge on any atom is -0.351 e. The van der Waals surface area contributed by atoms with Crippen molar-refractivity contribution in [2.45, 2.75) is 30.9 Å². The van der Waals surface area contributed by atoms with Crippen molar-refractivity contribution < 1.29 is 14.4 Å². The molecule has 6 nitrogen and oxygen atoms in total. The SMILES string of the molecule is BC(NC(=O)C(N)P)C(=O)NC(S)C(=O)C(C)C. The maximum absolute atomic E-state index is 11.7. The van der Waals surface area contributed by atoms with Crippen LogP contribution in [0.15, 0.2) is 0 Å². The van der Waals surface area contributed by atoms with Crippen molar-refractivity contribution in [1.82, 2.24) is 10.6 Å². The van der Waals surface area contributed by atoms with Crippen LogP contribution >= 0.6 is 21.9 Å². The Morgan fingerprint density at radius 3 is 2.11 bits per heavy atom. The zero-order chi connectivity index (χ0) is 14.5. The molecule has 0 bridgehead atoms. The molecular weight excluding hydrogens is 272 g/mol. The number of rotatable bonds is 6. The first-order valence-electron chi connectivity index (χ1n) is 5.50. The van der Waals surface area contributed by atoms with Crippen molar-refractivity contribution in [1.29, 1.82) is 0 Å². The Morgan fingerprint density at radius 2 is 1.72 bits per heavy atom. The van der Waals surface area contributed by atoms with Gasteiger partial charge < -0.3 is 16.4 Å². The van der Waals surface area contributed by atoms with Crippen molar-refractivity contribution in [2.75, 3.05) is 0 Å². The molecule has 18 heavy (non-hydrogen) atoms. The number of carbonyl (C=O) groups excluding carboxylic acids is 3. The Hall–Kier alpha value is -0.585. The van der Waals surface area contributed by atoms with Crippen LogP contribution in [0.4, 0.5) is 0 Å². The second kappa shape index (κ2) is 7.76. The van der Waals surface area contributed by atoms with E-state index in [1.165, 1.54) is 7.85 Å². The van der Waals surface area contributed by atoms with Gasteiger partial charge in [0.05, 0.1) is 11.7 Å². The van der Waals surface area contributed by atoms with Crippen LogP contribution in [-0.4, -0.2) is 42.5 Å². The normalized spacial score (nSPS) is 15.7. The number of thiol groups is 1. The first-order chi connectivity index (χ1) is 8.16. The monoisotopic (exact) mass is 291 g/mol. The van der Waals surface area contributed by atoms with E-state index < -0.39 is 28.9 Å². The zero-order valence-electron chi connectivity index (χ0n) is 10.6. The highest BCUT2D eigenvalue weighted by molar-refractivity contribution is 7.81. The second-order valence-corrected chi connectivity index (χ2v) is 5.46. The third kappa shape index (κ3) is 5.84. The predicted octanol–water partition coefficient (Wildman–Crippen LogP) is -2.18. The van der Waals surface area contributed by atoms with Gasteiger partial charge in [-0.3, -0.25) is 14.4 Å². The lowest BCUT2D eigenvalue weighted by molar-refractivity contribution is -0.129. The highest BCUT2D eigenvalue weighted by atomic mass is 32.1. The Labute approximate surface area is 115 Å². The number of carbonyl (C=O) groups is 3. The fourth-order valence-corrected chi connectivity index (χ4v) is 1.54. The molecular formula is C9H19BN3O3PS. The van der Waals surface area contributed by atoms with Crippen LogP contribution in [-0.2, 0) is 14.4 Å². The Morgan fingerprint density at radius 1 is 1.22 bits per heavy atom. The first kappa shape index (κ1) is 17.4. The number of nitrogens with two attached hydrogens (primary N) is 1. The summed E-state index contributed by atoms with van der Waals surface area (Å²) in [6.45, 7) is 3.44. The van der Waals surface area contributed by atoms with Crippen LogP contribution in [0.25, 0.3) is 0 Å². The number of Topliss-reactive ketones (excluding diaryl/α,β-unsaturated/α-hetero) is 1. The van der Waals surface area contributed by atoms with Crippen molar-refractivity contribution in [3.8, 4) is 0 Å². The molecule has 0 radical (unpaired) electrons. The molecule has 0 aromatic rings. The largest absolute Gasteiger partial charge is 0.351 e. The van der Waals surface area contributed by atoms with Crippen molar-refractivity contribution in [3.63, 3.8) is 0 Å². The summed E-state index contributed by atoms with van der Waals surface area (Å²) in [6, 6.07) is 0. The molecule has 0 aliphatic carbocycles. The van der Waals surface area contributed by atoms with Gasteiger partial charge in [0.2, 0.25) is 11.8 Å². The van der Waals surface area contributed by atoms with E-state index in [1.807, 2.05) is 0 Å². The highest BCUT2D eigenvalue weighted by Crippen LogP contribution is 2.03. The number of hydrogen-bond acceptors (Lipinski definition) is 5. The fourth-order valence-electron chi connectivity index (χ4n) is 1.02. The lowest BCUT2D eigenvalue weighted by atomic mass is 9.95. The van der Waals surface area contributed by atoms with Gasteiger partial charge in [-0.25, -0.2) is 0 Å². The van der Waals surface area contributed by atoms with E-state index in [2.05, 4.69) is 32.5 Å². The molecule has 4 atom stereocenters. The van der Waals surface area contributed by atoms with E-state index in [0.717, 1.165) is 0 Å². The summed E-state index contributed by atoms with van der Waals surface area (Å²) in [4.78, 5) is 34.5. The van der Waals surface area contributed by atoms with Gasteiger partial charge in [0.1, 0.15) is 13.2 Å². The molecule has 4 unspecified atom stereocenters. The van der Waals surface area contributed by atoms with E-state index in [-0.39, 0.29) is 11.7 Å². The van der Waals surface area contributed by atoms with E-state index in [0.29, 0.717) is 0 Å². The third-order valence-corrected chi connectivity index (χ3v) is 2.86. The fraction of sp³-hybridized carbons (Fsp3) is 0.667. The Kier molecular flexibility index (Phi) is 7.51. The number of hydrogen-bond donors (Lipinski definition) is 4. The molecule has 0 fully saturated rings. The summed E-state index contributed by atoms with van der Waals surface area (Å²) in [5.41, 5.74) is 5.32. The van der Waals surface area contributed by atoms with Crippen molar-refractivity contribution >= 4 is 47.3 Å². The molecule has 102 valence electrons. The smallest absolute Gasteiger partial charge is 0.240 e. The van der Waals surface area contributed by atoms with Gasteiger partial charge in [0, 0.05) is 5.92 Å². The molecule has 0 aromatic heterocycles. The molecule has 0 aliphatic heterocycles. The van der Waals surface area contributed by atoms with Crippen LogP contribution in [0.5, 0.6) is 0 Å². The van der Waals surface area contributed by atoms with Gasteiger partial charge in [-0.15, -0.1) is 21.9 Å². The van der Waals surface area contributed by atoms with Gasteiger partial charge in [0.25, 0.3) is 0 Å².